The van der Waals surface area contributed by atoms with Crippen LogP contribution in [0.15, 0.2) is 0 Å². The highest BCUT2D eigenvalue weighted by molar-refractivity contribution is 5.74. The molecule has 80 valence electrons. The van der Waals surface area contributed by atoms with E-state index >= 15 is 0 Å². The van der Waals surface area contributed by atoms with Crippen molar-refractivity contribution in [3.05, 3.63) is 0 Å². The van der Waals surface area contributed by atoms with Crippen LogP contribution < -0.4 is 0 Å². The van der Waals surface area contributed by atoms with Crippen molar-refractivity contribution in [2.24, 2.45) is 17.3 Å². The summed E-state index contributed by atoms with van der Waals surface area (Å²) in [4.78, 5) is 21.5. The minimum atomic E-state index is -0.853. The molecule has 1 aliphatic carbocycles. The SMILES string of the molecule is CC(C)(CC1CCC1C(=O)O)C(=O)O. The molecule has 14 heavy (non-hydrogen) atoms. The van der Waals surface area contributed by atoms with Gasteiger partial charge < -0.3 is 10.2 Å². The van der Waals surface area contributed by atoms with Gasteiger partial charge in [0.2, 0.25) is 0 Å². The van der Waals surface area contributed by atoms with Gasteiger partial charge in [-0.3, -0.25) is 9.59 Å². The number of carbonyl (C=O) groups is 2. The van der Waals surface area contributed by atoms with Crippen LogP contribution in [0.1, 0.15) is 33.1 Å². The zero-order chi connectivity index (χ0) is 10.9. The van der Waals surface area contributed by atoms with Crippen molar-refractivity contribution in [1.82, 2.24) is 0 Å². The molecule has 0 spiro atoms. The third-order valence-electron chi connectivity index (χ3n) is 3.09. The molecule has 0 heterocycles. The maximum absolute atomic E-state index is 10.8. The first-order valence-electron chi connectivity index (χ1n) is 4.81. The molecule has 1 rings (SSSR count). The minimum absolute atomic E-state index is 0.0404. The smallest absolute Gasteiger partial charge is 0.309 e. The van der Waals surface area contributed by atoms with Crippen LogP contribution >= 0.6 is 0 Å². The van der Waals surface area contributed by atoms with Gasteiger partial charge in [-0.05, 0) is 39.0 Å². The Morgan fingerprint density at radius 2 is 1.86 bits per heavy atom. The van der Waals surface area contributed by atoms with E-state index in [-0.39, 0.29) is 11.8 Å². The van der Waals surface area contributed by atoms with Crippen molar-refractivity contribution in [2.45, 2.75) is 33.1 Å². The summed E-state index contributed by atoms with van der Waals surface area (Å²) in [5.41, 5.74) is -0.807. The fourth-order valence-electron chi connectivity index (χ4n) is 1.88. The van der Waals surface area contributed by atoms with Crippen LogP contribution in [-0.2, 0) is 9.59 Å². The van der Waals surface area contributed by atoms with Gasteiger partial charge in [-0.2, -0.15) is 0 Å². The molecular formula is C10H16O4. The van der Waals surface area contributed by atoms with Gasteiger partial charge in [-0.25, -0.2) is 0 Å². The Morgan fingerprint density at radius 3 is 2.14 bits per heavy atom. The van der Waals surface area contributed by atoms with Gasteiger partial charge in [0.25, 0.3) is 0 Å². The fraction of sp³-hybridized carbons (Fsp3) is 0.800. The molecular weight excluding hydrogens is 184 g/mol. The van der Waals surface area contributed by atoms with Gasteiger partial charge in [0.05, 0.1) is 11.3 Å². The number of hydrogen-bond acceptors (Lipinski definition) is 2. The van der Waals surface area contributed by atoms with Crippen LogP contribution in [0, 0.1) is 17.3 Å². The fourth-order valence-corrected chi connectivity index (χ4v) is 1.88. The monoisotopic (exact) mass is 200 g/mol. The second kappa shape index (κ2) is 3.59. The molecule has 1 fully saturated rings. The van der Waals surface area contributed by atoms with E-state index in [9.17, 15) is 9.59 Å². The summed E-state index contributed by atoms with van der Waals surface area (Å²) in [6, 6.07) is 0. The van der Waals surface area contributed by atoms with Crippen molar-refractivity contribution in [1.29, 1.82) is 0 Å². The van der Waals surface area contributed by atoms with Crippen LogP contribution in [0.25, 0.3) is 0 Å². The first kappa shape index (κ1) is 11.0. The third kappa shape index (κ3) is 2.05. The summed E-state index contributed by atoms with van der Waals surface area (Å²) >= 11 is 0. The van der Waals surface area contributed by atoms with Gasteiger partial charge in [-0.1, -0.05) is 0 Å². The summed E-state index contributed by atoms with van der Waals surface area (Å²) in [7, 11) is 0. The molecule has 0 aromatic heterocycles. The quantitative estimate of drug-likeness (QED) is 0.722. The molecule has 2 atom stereocenters. The van der Waals surface area contributed by atoms with Crippen LogP contribution in [0.2, 0.25) is 0 Å². The summed E-state index contributed by atoms with van der Waals surface area (Å²) in [5.74, 6) is -1.93. The van der Waals surface area contributed by atoms with Gasteiger partial charge in [-0.15, -0.1) is 0 Å². The lowest BCUT2D eigenvalue weighted by atomic mass is 9.66. The maximum Gasteiger partial charge on any atom is 0.309 e. The van der Waals surface area contributed by atoms with Crippen LogP contribution in [0.5, 0.6) is 0 Å². The Balaban J connectivity index is 2.53. The molecule has 0 saturated heterocycles. The molecule has 4 nitrogen and oxygen atoms in total. The van der Waals surface area contributed by atoms with E-state index in [0.29, 0.717) is 12.8 Å². The van der Waals surface area contributed by atoms with E-state index in [2.05, 4.69) is 0 Å². The summed E-state index contributed by atoms with van der Waals surface area (Å²) in [5, 5.41) is 17.7. The molecule has 4 heteroatoms. The molecule has 0 bridgehead atoms. The van der Waals surface area contributed by atoms with E-state index in [1.807, 2.05) is 0 Å². The number of rotatable bonds is 4. The predicted octanol–water partition coefficient (Wildman–Crippen LogP) is 1.60. The van der Waals surface area contributed by atoms with Crippen molar-refractivity contribution in [3.63, 3.8) is 0 Å². The normalized spacial score (nSPS) is 26.7. The first-order valence-corrected chi connectivity index (χ1v) is 4.81. The van der Waals surface area contributed by atoms with Gasteiger partial charge >= 0.3 is 11.9 Å². The Kier molecular flexibility index (Phi) is 2.83. The molecule has 0 radical (unpaired) electrons. The zero-order valence-electron chi connectivity index (χ0n) is 8.49. The van der Waals surface area contributed by atoms with Gasteiger partial charge in [0.15, 0.2) is 0 Å². The Labute approximate surface area is 82.9 Å². The average molecular weight is 200 g/mol. The first-order chi connectivity index (χ1) is 6.34. The van der Waals surface area contributed by atoms with Crippen molar-refractivity contribution >= 4 is 11.9 Å². The second-order valence-electron chi connectivity index (χ2n) is 4.68. The van der Waals surface area contributed by atoms with E-state index in [1.54, 1.807) is 13.8 Å². The lowest BCUT2D eigenvalue weighted by Gasteiger charge is -2.37. The van der Waals surface area contributed by atoms with Crippen LogP contribution in [0.3, 0.4) is 0 Å². The Bertz CT molecular complexity index is 257. The number of hydrogen-bond donors (Lipinski definition) is 2. The highest BCUT2D eigenvalue weighted by Crippen LogP contribution is 2.42. The lowest BCUT2D eigenvalue weighted by molar-refractivity contribution is -0.154. The van der Waals surface area contributed by atoms with E-state index in [1.165, 1.54) is 0 Å². The van der Waals surface area contributed by atoms with E-state index < -0.39 is 17.4 Å². The number of carboxylic acids is 2. The van der Waals surface area contributed by atoms with E-state index in [4.69, 9.17) is 10.2 Å². The molecule has 2 unspecified atom stereocenters. The predicted molar refractivity (Wildman–Crippen MR) is 49.9 cm³/mol. The van der Waals surface area contributed by atoms with Crippen molar-refractivity contribution in [3.8, 4) is 0 Å². The molecule has 1 aliphatic rings. The molecule has 0 aromatic carbocycles. The van der Waals surface area contributed by atoms with Crippen LogP contribution in [-0.4, -0.2) is 22.2 Å². The molecule has 0 aromatic rings. The molecule has 0 aliphatic heterocycles. The summed E-state index contributed by atoms with van der Waals surface area (Å²) in [6.45, 7) is 3.29. The van der Waals surface area contributed by atoms with Crippen molar-refractivity contribution in [2.75, 3.05) is 0 Å². The van der Waals surface area contributed by atoms with E-state index in [0.717, 1.165) is 6.42 Å². The highest BCUT2D eigenvalue weighted by Gasteiger charge is 2.41. The Morgan fingerprint density at radius 1 is 1.29 bits per heavy atom. The third-order valence-corrected chi connectivity index (χ3v) is 3.09. The highest BCUT2D eigenvalue weighted by atomic mass is 16.4. The molecule has 2 N–H and O–H groups in total. The molecule has 1 saturated carbocycles. The van der Waals surface area contributed by atoms with Crippen molar-refractivity contribution < 1.29 is 19.8 Å². The second-order valence-corrected chi connectivity index (χ2v) is 4.68. The lowest BCUT2D eigenvalue weighted by Crippen LogP contribution is -2.38. The van der Waals surface area contributed by atoms with Gasteiger partial charge in [0.1, 0.15) is 0 Å². The largest absolute Gasteiger partial charge is 0.481 e. The zero-order valence-corrected chi connectivity index (χ0v) is 8.49. The standard InChI is InChI=1S/C10H16O4/c1-10(2,9(13)14)5-6-3-4-7(6)8(11)12/h6-7H,3-5H2,1-2H3,(H,11,12)(H,13,14). The number of carboxylic acid groups (broad SMARTS) is 2. The topological polar surface area (TPSA) is 74.6 Å². The van der Waals surface area contributed by atoms with Gasteiger partial charge in [0, 0.05) is 0 Å². The number of aliphatic carboxylic acids is 2. The summed E-state index contributed by atoms with van der Waals surface area (Å²) in [6.07, 6.45) is 1.99. The summed E-state index contributed by atoms with van der Waals surface area (Å²) < 4.78 is 0. The Hall–Kier alpha value is -1.06. The van der Waals surface area contributed by atoms with Crippen LogP contribution in [0.4, 0.5) is 0 Å². The molecule has 0 amide bonds. The average Bonchev–Trinajstić information content (AvgIpc) is 1.97. The minimum Gasteiger partial charge on any atom is -0.481 e. The maximum atomic E-state index is 10.8.